The minimum atomic E-state index is -0.0833. The van der Waals surface area contributed by atoms with Crippen molar-refractivity contribution in [1.82, 2.24) is 10.3 Å². The van der Waals surface area contributed by atoms with E-state index >= 15 is 0 Å². The highest BCUT2D eigenvalue weighted by atomic mass is 35.5. The van der Waals surface area contributed by atoms with Crippen LogP contribution in [-0.2, 0) is 6.42 Å². The summed E-state index contributed by atoms with van der Waals surface area (Å²) in [7, 11) is 0. The molecule has 0 fully saturated rings. The Labute approximate surface area is 166 Å². The molecule has 1 aromatic carbocycles. The molecule has 4 aromatic rings. The molecule has 0 radical (unpaired) electrons. The van der Waals surface area contributed by atoms with Gasteiger partial charge in [0.1, 0.15) is 10.9 Å². The fourth-order valence-electron chi connectivity index (χ4n) is 3.13. The highest BCUT2D eigenvalue weighted by Gasteiger charge is 2.17. The Morgan fingerprint density at radius 3 is 2.93 bits per heavy atom. The number of halogens is 1. The number of aromatic nitrogens is 1. The van der Waals surface area contributed by atoms with E-state index in [2.05, 4.69) is 16.4 Å². The van der Waals surface area contributed by atoms with Gasteiger partial charge in [0.05, 0.1) is 16.7 Å². The van der Waals surface area contributed by atoms with Crippen molar-refractivity contribution in [3.05, 3.63) is 64.0 Å². The fourth-order valence-corrected chi connectivity index (χ4v) is 4.52. The predicted octanol–water partition coefficient (Wildman–Crippen LogP) is 5.76. The summed E-state index contributed by atoms with van der Waals surface area (Å²) < 4.78 is 6.35. The molecule has 1 N–H and O–H groups in total. The van der Waals surface area contributed by atoms with Crippen molar-refractivity contribution in [2.45, 2.75) is 32.7 Å². The van der Waals surface area contributed by atoms with Gasteiger partial charge >= 0.3 is 0 Å². The van der Waals surface area contributed by atoms with Gasteiger partial charge in [0.25, 0.3) is 5.91 Å². The number of carbonyl (C=O) groups is 1. The molecule has 4 nitrogen and oxygen atoms in total. The zero-order valence-electron chi connectivity index (χ0n) is 15.1. The van der Waals surface area contributed by atoms with E-state index in [9.17, 15) is 4.79 Å². The third-order valence-corrected chi connectivity index (χ3v) is 6.03. The van der Waals surface area contributed by atoms with E-state index in [1.165, 1.54) is 11.3 Å². The molecule has 0 aliphatic rings. The smallest absolute Gasteiger partial charge is 0.261 e. The van der Waals surface area contributed by atoms with Gasteiger partial charge in [-0.15, -0.1) is 11.3 Å². The third-order valence-electron chi connectivity index (χ3n) is 4.57. The number of pyridine rings is 1. The van der Waals surface area contributed by atoms with Crippen LogP contribution in [0.1, 0.15) is 34.3 Å². The maximum atomic E-state index is 12.7. The number of aryl methyl sites for hydroxylation is 2. The molecule has 3 aromatic heterocycles. The normalized spacial score (nSPS) is 12.6. The zero-order chi connectivity index (χ0) is 19.0. The molecule has 3 heterocycles. The van der Waals surface area contributed by atoms with Crippen LogP contribution in [0, 0.1) is 6.92 Å². The second-order valence-electron chi connectivity index (χ2n) is 6.77. The SMILES string of the molecule is Cc1ccc2nc(Cl)c3cc(C(=O)NC(C)CCc4ccco4)sc3c2c1. The summed E-state index contributed by atoms with van der Waals surface area (Å²) in [5.74, 6) is 0.845. The second-order valence-corrected chi connectivity index (χ2v) is 8.18. The first-order chi connectivity index (χ1) is 13.0. The van der Waals surface area contributed by atoms with Gasteiger partial charge in [0.15, 0.2) is 0 Å². The first-order valence-electron chi connectivity index (χ1n) is 8.84. The number of benzene rings is 1. The number of amides is 1. The van der Waals surface area contributed by atoms with Crippen LogP contribution in [0.5, 0.6) is 0 Å². The summed E-state index contributed by atoms with van der Waals surface area (Å²) in [5, 5.41) is 5.36. The lowest BCUT2D eigenvalue weighted by molar-refractivity contribution is 0.0942. The van der Waals surface area contributed by atoms with Crippen molar-refractivity contribution in [2.75, 3.05) is 0 Å². The molecule has 138 valence electrons. The summed E-state index contributed by atoms with van der Waals surface area (Å²) in [6.07, 6.45) is 3.27. The van der Waals surface area contributed by atoms with Crippen LogP contribution in [0.3, 0.4) is 0 Å². The van der Waals surface area contributed by atoms with Gasteiger partial charge in [-0.2, -0.15) is 0 Å². The Morgan fingerprint density at radius 1 is 1.30 bits per heavy atom. The van der Waals surface area contributed by atoms with Crippen molar-refractivity contribution in [3.8, 4) is 0 Å². The quantitative estimate of drug-likeness (QED) is 0.435. The Hall–Kier alpha value is -2.37. The van der Waals surface area contributed by atoms with E-state index in [1.54, 1.807) is 6.26 Å². The number of hydrogen-bond acceptors (Lipinski definition) is 4. The number of hydrogen-bond donors (Lipinski definition) is 1. The van der Waals surface area contributed by atoms with Gasteiger partial charge in [-0.05, 0) is 50.6 Å². The van der Waals surface area contributed by atoms with Gasteiger partial charge in [0.2, 0.25) is 0 Å². The summed E-state index contributed by atoms with van der Waals surface area (Å²) in [5.41, 5.74) is 2.00. The maximum Gasteiger partial charge on any atom is 0.261 e. The largest absolute Gasteiger partial charge is 0.469 e. The third kappa shape index (κ3) is 3.70. The number of furan rings is 1. The zero-order valence-corrected chi connectivity index (χ0v) is 16.7. The van der Waals surface area contributed by atoms with E-state index in [0.29, 0.717) is 10.0 Å². The van der Waals surface area contributed by atoms with Crippen LogP contribution < -0.4 is 5.32 Å². The van der Waals surface area contributed by atoms with Crippen molar-refractivity contribution < 1.29 is 9.21 Å². The molecule has 0 bridgehead atoms. The Bertz CT molecular complexity index is 1120. The Kier molecular flexibility index (Phi) is 4.89. The van der Waals surface area contributed by atoms with Crippen LogP contribution >= 0.6 is 22.9 Å². The molecule has 0 saturated heterocycles. The molecule has 0 saturated carbocycles. The molecule has 27 heavy (non-hydrogen) atoms. The predicted molar refractivity (Wildman–Crippen MR) is 111 cm³/mol. The van der Waals surface area contributed by atoms with Crippen molar-refractivity contribution in [1.29, 1.82) is 0 Å². The van der Waals surface area contributed by atoms with E-state index in [0.717, 1.165) is 45.2 Å². The standard InChI is InChI=1S/C21H19ClN2O2S/c1-12-5-8-17-15(10-12)19-16(20(22)24-17)11-18(27-19)21(25)23-13(2)6-7-14-4-3-9-26-14/h3-5,8-11,13H,6-7H2,1-2H3,(H,23,25). The van der Waals surface area contributed by atoms with E-state index in [4.69, 9.17) is 16.0 Å². The van der Waals surface area contributed by atoms with E-state index < -0.39 is 0 Å². The monoisotopic (exact) mass is 398 g/mol. The molecular formula is C21H19ClN2O2S. The molecule has 0 spiro atoms. The Balaban J connectivity index is 1.57. The summed E-state index contributed by atoms with van der Waals surface area (Å²) in [4.78, 5) is 17.8. The maximum absolute atomic E-state index is 12.7. The molecule has 1 atom stereocenters. The number of rotatable bonds is 5. The number of carbonyl (C=O) groups excluding carboxylic acids is 1. The van der Waals surface area contributed by atoms with Gasteiger partial charge in [-0.1, -0.05) is 23.2 Å². The summed E-state index contributed by atoms with van der Waals surface area (Å²) in [6, 6.07) is 11.8. The van der Waals surface area contributed by atoms with Crippen molar-refractivity contribution >= 4 is 49.8 Å². The number of nitrogens with zero attached hydrogens (tertiary/aromatic N) is 1. The summed E-state index contributed by atoms with van der Waals surface area (Å²) in [6.45, 7) is 4.04. The average molecular weight is 399 g/mol. The van der Waals surface area contributed by atoms with Gasteiger partial charge < -0.3 is 9.73 Å². The van der Waals surface area contributed by atoms with Crippen LogP contribution in [0.25, 0.3) is 21.0 Å². The van der Waals surface area contributed by atoms with Crippen molar-refractivity contribution in [2.24, 2.45) is 0 Å². The number of nitrogens with one attached hydrogen (secondary N) is 1. The second kappa shape index (κ2) is 7.33. The lowest BCUT2D eigenvalue weighted by atomic mass is 10.1. The van der Waals surface area contributed by atoms with Crippen LogP contribution in [-0.4, -0.2) is 16.9 Å². The van der Waals surface area contributed by atoms with Crippen LogP contribution in [0.4, 0.5) is 0 Å². The fraction of sp³-hybridized carbons (Fsp3) is 0.238. The molecule has 4 rings (SSSR count). The van der Waals surface area contributed by atoms with Gasteiger partial charge in [-0.3, -0.25) is 4.79 Å². The minimum Gasteiger partial charge on any atom is -0.469 e. The van der Waals surface area contributed by atoms with Gasteiger partial charge in [0, 0.05) is 27.9 Å². The number of thiophene rings is 1. The average Bonchev–Trinajstić information content (AvgIpc) is 3.31. The molecular weight excluding hydrogens is 380 g/mol. The minimum absolute atomic E-state index is 0.0420. The highest BCUT2D eigenvalue weighted by molar-refractivity contribution is 7.21. The summed E-state index contributed by atoms with van der Waals surface area (Å²) >= 11 is 7.82. The van der Waals surface area contributed by atoms with Gasteiger partial charge in [-0.25, -0.2) is 4.98 Å². The molecule has 1 unspecified atom stereocenters. The van der Waals surface area contributed by atoms with Crippen LogP contribution in [0.15, 0.2) is 47.1 Å². The topological polar surface area (TPSA) is 55.1 Å². The van der Waals surface area contributed by atoms with E-state index in [1.807, 2.05) is 44.2 Å². The molecule has 0 aliphatic carbocycles. The van der Waals surface area contributed by atoms with Crippen molar-refractivity contribution in [3.63, 3.8) is 0 Å². The lowest BCUT2D eigenvalue weighted by Gasteiger charge is -2.12. The van der Waals surface area contributed by atoms with E-state index in [-0.39, 0.29) is 11.9 Å². The molecule has 0 aliphatic heterocycles. The molecule has 1 amide bonds. The lowest BCUT2D eigenvalue weighted by Crippen LogP contribution is -2.32. The molecule has 6 heteroatoms. The first-order valence-corrected chi connectivity index (χ1v) is 10.0. The highest BCUT2D eigenvalue weighted by Crippen LogP contribution is 2.36. The first kappa shape index (κ1) is 18.0. The number of fused-ring (bicyclic) bond motifs is 3. The Morgan fingerprint density at radius 2 is 2.15 bits per heavy atom. The van der Waals surface area contributed by atoms with Crippen LogP contribution in [0.2, 0.25) is 5.15 Å².